The lowest BCUT2D eigenvalue weighted by Crippen LogP contribution is -2.17. The van der Waals surface area contributed by atoms with Crippen LogP contribution in [0.1, 0.15) is 12.8 Å². The van der Waals surface area contributed by atoms with E-state index < -0.39 is 0 Å². The van der Waals surface area contributed by atoms with Gasteiger partial charge in [0.2, 0.25) is 11.8 Å². The molecule has 0 fully saturated rings. The third kappa shape index (κ3) is 6.21. The second-order valence-electron chi connectivity index (χ2n) is 4.91. The second-order valence-corrected chi connectivity index (χ2v) is 6.66. The Morgan fingerprint density at radius 2 is 0.917 bits per heavy atom. The van der Waals surface area contributed by atoms with Crippen molar-refractivity contribution in [3.05, 3.63) is 56.5 Å². The maximum absolute atomic E-state index is 11.9. The maximum atomic E-state index is 11.9. The van der Waals surface area contributed by atoms with E-state index in [0.717, 1.165) is 0 Å². The number of hydrogen-bond donors (Lipinski definition) is 2. The Kier molecular flexibility index (Phi) is 6.75. The van der Waals surface area contributed by atoms with Gasteiger partial charge in [0.1, 0.15) is 0 Å². The van der Waals surface area contributed by atoms with E-state index in [1.807, 2.05) is 0 Å². The summed E-state index contributed by atoms with van der Waals surface area (Å²) < 4.78 is 0. The zero-order valence-electron chi connectivity index (χ0n) is 12.2. The van der Waals surface area contributed by atoms with Crippen molar-refractivity contribution in [3.8, 4) is 0 Å². The van der Waals surface area contributed by atoms with Crippen molar-refractivity contribution in [3.63, 3.8) is 0 Å². The van der Waals surface area contributed by atoms with Crippen LogP contribution in [-0.4, -0.2) is 11.8 Å². The lowest BCUT2D eigenvalue weighted by molar-refractivity contribution is -0.121. The molecule has 0 heterocycles. The molecule has 2 aromatic rings. The number of rotatable bonds is 5. The van der Waals surface area contributed by atoms with Gasteiger partial charge in [-0.1, -0.05) is 46.4 Å². The maximum Gasteiger partial charge on any atom is 0.224 e. The SMILES string of the molecule is O=C(CCC(=O)Nc1cc(Cl)cc(Cl)c1)Nc1cc(Cl)cc(Cl)c1. The molecule has 2 rings (SSSR count). The summed E-state index contributed by atoms with van der Waals surface area (Å²) in [6.07, 6.45) is 0.00846. The highest BCUT2D eigenvalue weighted by Gasteiger charge is 2.09. The normalized spacial score (nSPS) is 10.3. The smallest absolute Gasteiger partial charge is 0.224 e. The minimum Gasteiger partial charge on any atom is -0.326 e. The van der Waals surface area contributed by atoms with Gasteiger partial charge in [0.25, 0.3) is 0 Å². The van der Waals surface area contributed by atoms with Gasteiger partial charge in [0.05, 0.1) is 0 Å². The van der Waals surface area contributed by atoms with E-state index in [1.54, 1.807) is 36.4 Å². The van der Waals surface area contributed by atoms with Gasteiger partial charge in [-0.05, 0) is 36.4 Å². The molecule has 8 heteroatoms. The molecule has 0 aliphatic rings. The summed E-state index contributed by atoms with van der Waals surface area (Å²) in [5.74, 6) is -0.653. The number of carbonyl (C=O) groups is 2. The molecule has 0 saturated heterocycles. The zero-order chi connectivity index (χ0) is 17.7. The third-order valence-corrected chi connectivity index (χ3v) is 3.74. The molecule has 24 heavy (non-hydrogen) atoms. The summed E-state index contributed by atoms with van der Waals surface area (Å²) >= 11 is 23.4. The number of anilines is 2. The van der Waals surface area contributed by atoms with E-state index in [1.165, 1.54) is 0 Å². The Labute approximate surface area is 159 Å². The number of halogens is 4. The molecule has 0 atom stereocenters. The van der Waals surface area contributed by atoms with E-state index in [2.05, 4.69) is 10.6 Å². The predicted molar refractivity (Wildman–Crippen MR) is 99.4 cm³/mol. The molecule has 0 aliphatic carbocycles. The minimum absolute atomic E-state index is 0.00423. The van der Waals surface area contributed by atoms with Crippen LogP contribution in [0.15, 0.2) is 36.4 Å². The first-order valence-electron chi connectivity index (χ1n) is 6.84. The number of hydrogen-bond acceptors (Lipinski definition) is 2. The molecule has 2 amide bonds. The van der Waals surface area contributed by atoms with E-state index in [0.29, 0.717) is 31.5 Å². The Morgan fingerprint density at radius 3 is 1.21 bits per heavy atom. The molecule has 2 N–H and O–H groups in total. The van der Waals surface area contributed by atoms with Crippen LogP contribution < -0.4 is 10.6 Å². The number of carbonyl (C=O) groups excluding carboxylic acids is 2. The van der Waals surface area contributed by atoms with Crippen LogP contribution in [0, 0.1) is 0 Å². The molecule has 0 bridgehead atoms. The van der Waals surface area contributed by atoms with Gasteiger partial charge in [-0.3, -0.25) is 9.59 Å². The van der Waals surface area contributed by atoms with Crippen molar-refractivity contribution in [1.82, 2.24) is 0 Å². The van der Waals surface area contributed by atoms with Crippen molar-refractivity contribution < 1.29 is 9.59 Å². The predicted octanol–water partition coefficient (Wildman–Crippen LogP) is 5.66. The van der Waals surface area contributed by atoms with Crippen molar-refractivity contribution in [2.24, 2.45) is 0 Å². The molecular formula is C16H12Cl4N2O2. The first-order valence-corrected chi connectivity index (χ1v) is 8.35. The number of benzene rings is 2. The quantitative estimate of drug-likeness (QED) is 0.674. The van der Waals surface area contributed by atoms with E-state index in [-0.39, 0.29) is 24.7 Å². The Hall–Kier alpha value is -1.46. The lowest BCUT2D eigenvalue weighted by atomic mass is 10.2. The average Bonchev–Trinajstić information content (AvgIpc) is 2.42. The molecule has 0 saturated carbocycles. The average molecular weight is 406 g/mol. The molecule has 0 unspecified atom stereocenters. The molecule has 126 valence electrons. The highest BCUT2D eigenvalue weighted by molar-refractivity contribution is 6.35. The fourth-order valence-corrected chi connectivity index (χ4v) is 2.98. The van der Waals surface area contributed by atoms with Gasteiger partial charge in [-0.25, -0.2) is 0 Å². The van der Waals surface area contributed by atoms with Crippen molar-refractivity contribution in [1.29, 1.82) is 0 Å². The Bertz CT molecular complexity index is 675. The van der Waals surface area contributed by atoms with Crippen LogP contribution in [0.5, 0.6) is 0 Å². The molecule has 4 nitrogen and oxygen atoms in total. The van der Waals surface area contributed by atoms with Gasteiger partial charge >= 0.3 is 0 Å². The Morgan fingerprint density at radius 1 is 0.625 bits per heavy atom. The first kappa shape index (κ1) is 18.9. The van der Waals surface area contributed by atoms with Crippen LogP contribution in [0.3, 0.4) is 0 Å². The fourth-order valence-electron chi connectivity index (χ4n) is 1.93. The summed E-state index contributed by atoms with van der Waals surface area (Å²) in [5.41, 5.74) is 0.944. The molecule has 0 aromatic heterocycles. The van der Waals surface area contributed by atoms with Gasteiger partial charge in [0, 0.05) is 44.3 Å². The number of amides is 2. The monoisotopic (exact) mass is 404 g/mol. The third-order valence-electron chi connectivity index (χ3n) is 2.87. The van der Waals surface area contributed by atoms with Crippen LogP contribution in [0.4, 0.5) is 11.4 Å². The summed E-state index contributed by atoms with van der Waals surface area (Å²) in [6, 6.07) is 9.39. The van der Waals surface area contributed by atoms with Crippen molar-refractivity contribution in [2.45, 2.75) is 12.8 Å². The van der Waals surface area contributed by atoms with Crippen LogP contribution in [0.2, 0.25) is 20.1 Å². The zero-order valence-corrected chi connectivity index (χ0v) is 15.2. The van der Waals surface area contributed by atoms with Crippen LogP contribution in [-0.2, 0) is 9.59 Å². The standard InChI is InChI=1S/C16H12Cl4N2O2/c17-9-3-10(18)6-13(5-9)21-15(23)1-2-16(24)22-14-7-11(19)4-12(20)8-14/h3-8H,1-2H2,(H,21,23)(H,22,24). The second kappa shape index (κ2) is 8.58. The highest BCUT2D eigenvalue weighted by Crippen LogP contribution is 2.23. The Balaban J connectivity index is 1.85. The molecule has 2 aromatic carbocycles. The molecule has 0 aliphatic heterocycles. The lowest BCUT2D eigenvalue weighted by Gasteiger charge is -2.08. The van der Waals surface area contributed by atoms with E-state index >= 15 is 0 Å². The van der Waals surface area contributed by atoms with Gasteiger partial charge in [0.15, 0.2) is 0 Å². The van der Waals surface area contributed by atoms with Crippen molar-refractivity contribution >= 4 is 69.6 Å². The van der Waals surface area contributed by atoms with E-state index in [9.17, 15) is 9.59 Å². The highest BCUT2D eigenvalue weighted by atomic mass is 35.5. The van der Waals surface area contributed by atoms with Crippen molar-refractivity contribution in [2.75, 3.05) is 10.6 Å². The van der Waals surface area contributed by atoms with Gasteiger partial charge in [-0.15, -0.1) is 0 Å². The minimum atomic E-state index is -0.326. The summed E-state index contributed by atoms with van der Waals surface area (Å²) in [4.78, 5) is 23.8. The van der Waals surface area contributed by atoms with Gasteiger partial charge < -0.3 is 10.6 Å². The van der Waals surface area contributed by atoms with Crippen LogP contribution >= 0.6 is 46.4 Å². The van der Waals surface area contributed by atoms with Gasteiger partial charge in [-0.2, -0.15) is 0 Å². The molecule has 0 radical (unpaired) electrons. The largest absolute Gasteiger partial charge is 0.326 e. The summed E-state index contributed by atoms with van der Waals surface area (Å²) in [7, 11) is 0. The number of nitrogens with one attached hydrogen (secondary N) is 2. The first-order chi connectivity index (χ1) is 11.3. The summed E-state index contributed by atoms with van der Waals surface area (Å²) in [5, 5.41) is 6.90. The summed E-state index contributed by atoms with van der Waals surface area (Å²) in [6.45, 7) is 0. The van der Waals surface area contributed by atoms with E-state index in [4.69, 9.17) is 46.4 Å². The molecule has 0 spiro atoms. The topological polar surface area (TPSA) is 58.2 Å². The fraction of sp³-hybridized carbons (Fsp3) is 0.125. The van der Waals surface area contributed by atoms with Crippen LogP contribution in [0.25, 0.3) is 0 Å². The molecular weight excluding hydrogens is 394 g/mol.